The molecular weight excluding hydrogens is 334 g/mol. The summed E-state index contributed by atoms with van der Waals surface area (Å²) in [6.07, 6.45) is 10.5. The van der Waals surface area contributed by atoms with Crippen LogP contribution in [0, 0.1) is 5.92 Å². The molecule has 5 nitrogen and oxygen atoms in total. The maximum Gasteiger partial charge on any atom is 0.0545 e. The van der Waals surface area contributed by atoms with Crippen LogP contribution in [0.25, 0.3) is 0 Å². The zero-order chi connectivity index (χ0) is 18.9. The number of hydrogen-bond acceptors (Lipinski definition) is 5. The first-order valence-electron chi connectivity index (χ1n) is 11.1. The lowest BCUT2D eigenvalue weighted by atomic mass is 9.86. The fraction of sp³-hybridized carbons (Fsp3) is 0.773. The molecule has 27 heavy (non-hydrogen) atoms. The molecule has 4 atom stereocenters. The number of nitrogens with zero attached hydrogens (tertiary/aromatic N) is 1. The van der Waals surface area contributed by atoms with Crippen LogP contribution in [-0.4, -0.2) is 36.2 Å². The molecule has 0 spiro atoms. The second-order valence-electron chi connectivity index (χ2n) is 8.49. The van der Waals surface area contributed by atoms with Crippen LogP contribution in [-0.2, 0) is 13.1 Å². The molecule has 5 heteroatoms. The van der Waals surface area contributed by atoms with Gasteiger partial charge in [-0.1, -0.05) is 38.7 Å². The predicted octanol–water partition coefficient (Wildman–Crippen LogP) is 2.70. The topological polar surface area (TPSA) is 75.0 Å². The molecule has 0 radical (unpaired) electrons. The summed E-state index contributed by atoms with van der Waals surface area (Å²) in [5.74, 6) is 0.785. The van der Waals surface area contributed by atoms with Gasteiger partial charge in [-0.25, -0.2) is 0 Å². The van der Waals surface area contributed by atoms with E-state index in [-0.39, 0.29) is 0 Å². The lowest BCUT2D eigenvalue weighted by Gasteiger charge is -2.33. The van der Waals surface area contributed by atoms with Crippen LogP contribution in [0.5, 0.6) is 0 Å². The SMILES string of the molecule is C[C@H]1CCCC[C@@H]1NCc1cccc(CN[C@H]2CCCC[C@@H]2NCCN)n1. The van der Waals surface area contributed by atoms with Crippen LogP contribution >= 0.6 is 0 Å². The van der Waals surface area contributed by atoms with E-state index in [0.29, 0.717) is 24.7 Å². The zero-order valence-corrected chi connectivity index (χ0v) is 17.1. The Kier molecular flexibility index (Phi) is 8.52. The molecule has 0 aromatic carbocycles. The maximum absolute atomic E-state index is 5.66. The summed E-state index contributed by atoms with van der Waals surface area (Å²) >= 11 is 0. The Morgan fingerprint density at radius 3 is 2.04 bits per heavy atom. The second-order valence-corrected chi connectivity index (χ2v) is 8.49. The fourth-order valence-corrected chi connectivity index (χ4v) is 4.71. The average molecular weight is 374 g/mol. The molecule has 1 aromatic heterocycles. The van der Waals surface area contributed by atoms with E-state index in [1.165, 1.54) is 51.4 Å². The van der Waals surface area contributed by atoms with Gasteiger partial charge in [0, 0.05) is 44.3 Å². The van der Waals surface area contributed by atoms with Gasteiger partial charge >= 0.3 is 0 Å². The highest BCUT2D eigenvalue weighted by atomic mass is 15.0. The third kappa shape index (κ3) is 6.53. The largest absolute Gasteiger partial charge is 0.329 e. The number of nitrogens with two attached hydrogens (primary N) is 1. The van der Waals surface area contributed by atoms with Crippen molar-refractivity contribution in [2.45, 2.75) is 89.5 Å². The molecule has 0 unspecified atom stereocenters. The van der Waals surface area contributed by atoms with E-state index in [9.17, 15) is 0 Å². The predicted molar refractivity (Wildman–Crippen MR) is 112 cm³/mol. The monoisotopic (exact) mass is 373 g/mol. The Morgan fingerprint density at radius 1 is 0.852 bits per heavy atom. The summed E-state index contributed by atoms with van der Waals surface area (Å²) in [5.41, 5.74) is 7.97. The smallest absolute Gasteiger partial charge is 0.0545 e. The van der Waals surface area contributed by atoms with Gasteiger partial charge in [0.25, 0.3) is 0 Å². The van der Waals surface area contributed by atoms with Crippen molar-refractivity contribution in [1.29, 1.82) is 0 Å². The zero-order valence-electron chi connectivity index (χ0n) is 17.1. The molecule has 2 aliphatic rings. The van der Waals surface area contributed by atoms with Crippen LogP contribution in [0.1, 0.15) is 69.7 Å². The molecule has 2 fully saturated rings. The van der Waals surface area contributed by atoms with Crippen LogP contribution in [0.4, 0.5) is 0 Å². The van der Waals surface area contributed by atoms with Gasteiger partial charge in [-0.3, -0.25) is 4.98 Å². The minimum absolute atomic E-state index is 0.525. The number of hydrogen-bond donors (Lipinski definition) is 4. The van der Waals surface area contributed by atoms with E-state index in [1.807, 2.05) is 0 Å². The Balaban J connectivity index is 1.48. The van der Waals surface area contributed by atoms with Gasteiger partial charge in [-0.2, -0.15) is 0 Å². The van der Waals surface area contributed by atoms with Crippen LogP contribution in [0.3, 0.4) is 0 Å². The maximum atomic E-state index is 5.66. The van der Waals surface area contributed by atoms with Crippen molar-refractivity contribution in [2.24, 2.45) is 11.7 Å². The normalized spacial score (nSPS) is 29.0. The molecule has 1 heterocycles. The van der Waals surface area contributed by atoms with Crippen LogP contribution in [0.2, 0.25) is 0 Å². The molecular formula is C22H39N5. The van der Waals surface area contributed by atoms with Crippen molar-refractivity contribution in [3.05, 3.63) is 29.6 Å². The van der Waals surface area contributed by atoms with Crippen molar-refractivity contribution in [1.82, 2.24) is 20.9 Å². The number of rotatable bonds is 9. The summed E-state index contributed by atoms with van der Waals surface area (Å²) in [4.78, 5) is 4.89. The minimum Gasteiger partial charge on any atom is -0.329 e. The van der Waals surface area contributed by atoms with Gasteiger partial charge in [0.15, 0.2) is 0 Å². The van der Waals surface area contributed by atoms with Gasteiger partial charge in [0.2, 0.25) is 0 Å². The first kappa shape index (κ1) is 20.7. The van der Waals surface area contributed by atoms with Gasteiger partial charge < -0.3 is 21.7 Å². The van der Waals surface area contributed by atoms with Gasteiger partial charge in [0.05, 0.1) is 11.4 Å². The number of pyridine rings is 1. The summed E-state index contributed by atoms with van der Waals surface area (Å²) in [5, 5.41) is 11.1. The number of aromatic nitrogens is 1. The average Bonchev–Trinajstić information content (AvgIpc) is 2.71. The van der Waals surface area contributed by atoms with Gasteiger partial charge in [0.1, 0.15) is 0 Å². The van der Waals surface area contributed by atoms with E-state index in [4.69, 9.17) is 10.7 Å². The molecule has 2 saturated carbocycles. The van der Waals surface area contributed by atoms with Gasteiger partial charge in [-0.15, -0.1) is 0 Å². The minimum atomic E-state index is 0.525. The van der Waals surface area contributed by atoms with Crippen molar-refractivity contribution in [3.8, 4) is 0 Å². The molecule has 3 rings (SSSR count). The van der Waals surface area contributed by atoms with E-state index in [0.717, 1.165) is 36.9 Å². The van der Waals surface area contributed by atoms with E-state index in [2.05, 4.69) is 41.1 Å². The van der Waals surface area contributed by atoms with Crippen molar-refractivity contribution in [3.63, 3.8) is 0 Å². The molecule has 1 aromatic rings. The lowest BCUT2D eigenvalue weighted by Crippen LogP contribution is -2.50. The van der Waals surface area contributed by atoms with E-state index < -0.39 is 0 Å². The molecule has 152 valence electrons. The van der Waals surface area contributed by atoms with Crippen LogP contribution < -0.4 is 21.7 Å². The Labute approximate surface area is 165 Å². The molecule has 0 amide bonds. The molecule has 0 aliphatic heterocycles. The van der Waals surface area contributed by atoms with Crippen molar-refractivity contribution >= 4 is 0 Å². The highest BCUT2D eigenvalue weighted by Crippen LogP contribution is 2.24. The van der Waals surface area contributed by atoms with Crippen LogP contribution in [0.15, 0.2) is 18.2 Å². The standard InChI is InChI=1S/C22H39N5/c1-17-7-2-3-10-20(17)25-15-18-8-6-9-19(27-18)16-26-22-12-5-4-11-21(22)24-14-13-23/h6,8-9,17,20-22,24-26H,2-5,7,10-16,23H2,1H3/t17-,20-,21-,22-/m0/s1. The summed E-state index contributed by atoms with van der Waals surface area (Å²) in [7, 11) is 0. The third-order valence-electron chi connectivity index (χ3n) is 6.38. The molecule has 0 saturated heterocycles. The van der Waals surface area contributed by atoms with E-state index in [1.54, 1.807) is 0 Å². The summed E-state index contributed by atoms with van der Waals surface area (Å²) in [6, 6.07) is 8.16. The van der Waals surface area contributed by atoms with Crippen molar-refractivity contribution in [2.75, 3.05) is 13.1 Å². The third-order valence-corrected chi connectivity index (χ3v) is 6.38. The second kappa shape index (κ2) is 11.1. The fourth-order valence-electron chi connectivity index (χ4n) is 4.71. The highest BCUT2D eigenvalue weighted by molar-refractivity contribution is 5.11. The van der Waals surface area contributed by atoms with Gasteiger partial charge in [-0.05, 0) is 43.7 Å². The molecule has 0 bridgehead atoms. The summed E-state index contributed by atoms with van der Waals surface area (Å²) in [6.45, 7) is 5.72. The molecule has 5 N–H and O–H groups in total. The first-order chi connectivity index (χ1) is 13.3. The first-order valence-corrected chi connectivity index (χ1v) is 11.1. The van der Waals surface area contributed by atoms with E-state index >= 15 is 0 Å². The van der Waals surface area contributed by atoms with Crippen molar-refractivity contribution < 1.29 is 0 Å². The Bertz CT molecular complexity index is 549. The Morgan fingerprint density at radius 2 is 1.41 bits per heavy atom. The number of nitrogens with one attached hydrogen (secondary N) is 3. The molecule has 2 aliphatic carbocycles. The quantitative estimate of drug-likeness (QED) is 0.535. The summed E-state index contributed by atoms with van der Waals surface area (Å²) < 4.78 is 0. The highest BCUT2D eigenvalue weighted by Gasteiger charge is 2.24. The Hall–Kier alpha value is -1.01. The lowest BCUT2D eigenvalue weighted by molar-refractivity contribution is 0.278.